The summed E-state index contributed by atoms with van der Waals surface area (Å²) in [5, 5.41) is 3.00. The van der Waals surface area contributed by atoms with E-state index in [1.54, 1.807) is 36.2 Å². The van der Waals surface area contributed by atoms with Crippen LogP contribution in [0.3, 0.4) is 0 Å². The zero-order valence-corrected chi connectivity index (χ0v) is 17.8. The molecule has 0 aliphatic carbocycles. The summed E-state index contributed by atoms with van der Waals surface area (Å²) in [5.41, 5.74) is 1.97. The lowest BCUT2D eigenvalue weighted by atomic mass is 10.1. The lowest BCUT2D eigenvalue weighted by Gasteiger charge is -2.20. The fourth-order valence-corrected chi connectivity index (χ4v) is 3.56. The molecule has 7 nitrogen and oxygen atoms in total. The van der Waals surface area contributed by atoms with Crippen LogP contribution in [0.4, 0.5) is 10.5 Å². The Labute approximate surface area is 177 Å². The van der Waals surface area contributed by atoms with Gasteiger partial charge in [-0.25, -0.2) is 4.79 Å². The van der Waals surface area contributed by atoms with Crippen molar-refractivity contribution in [1.29, 1.82) is 0 Å². The lowest BCUT2D eigenvalue weighted by molar-refractivity contribution is -0.122. The van der Waals surface area contributed by atoms with Crippen molar-refractivity contribution in [2.75, 3.05) is 38.8 Å². The van der Waals surface area contributed by atoms with Crippen LogP contribution in [0.25, 0.3) is 0 Å². The first-order chi connectivity index (χ1) is 14.5. The third-order valence-corrected chi connectivity index (χ3v) is 5.22. The minimum absolute atomic E-state index is 0.0392. The number of carbonyl (C=O) groups excluding carboxylic acids is 2. The number of nitrogens with one attached hydrogen (secondary N) is 1. The maximum atomic E-state index is 12.8. The van der Waals surface area contributed by atoms with Crippen molar-refractivity contribution in [3.63, 3.8) is 0 Å². The Balaban J connectivity index is 1.51. The number of anilines is 1. The van der Waals surface area contributed by atoms with Gasteiger partial charge in [0.1, 0.15) is 6.54 Å². The average molecular weight is 412 g/mol. The van der Waals surface area contributed by atoms with Crippen LogP contribution in [0.15, 0.2) is 48.5 Å². The molecule has 0 saturated carbocycles. The van der Waals surface area contributed by atoms with Gasteiger partial charge in [0.15, 0.2) is 11.5 Å². The number of nitrogens with zero attached hydrogens (tertiary/aromatic N) is 2. The predicted octanol–water partition coefficient (Wildman–Crippen LogP) is 3.08. The largest absolute Gasteiger partial charge is 0.493 e. The van der Waals surface area contributed by atoms with E-state index >= 15 is 0 Å². The lowest BCUT2D eigenvalue weighted by Crippen LogP contribution is -2.42. The van der Waals surface area contributed by atoms with Gasteiger partial charge in [-0.3, -0.25) is 9.69 Å². The van der Waals surface area contributed by atoms with E-state index in [1.807, 2.05) is 31.2 Å². The molecule has 2 aromatic carbocycles. The van der Waals surface area contributed by atoms with E-state index in [0.717, 1.165) is 18.5 Å². The summed E-state index contributed by atoms with van der Waals surface area (Å²) in [7, 11) is 3.13. The fourth-order valence-electron chi connectivity index (χ4n) is 3.56. The number of ether oxygens (including phenoxy) is 2. The van der Waals surface area contributed by atoms with Crippen LogP contribution in [0.5, 0.6) is 11.5 Å². The Kier molecular flexibility index (Phi) is 7.17. The molecule has 0 bridgehead atoms. The van der Waals surface area contributed by atoms with Gasteiger partial charge in [-0.05, 0) is 37.5 Å². The highest BCUT2D eigenvalue weighted by atomic mass is 16.5. The van der Waals surface area contributed by atoms with Crippen molar-refractivity contribution in [1.82, 2.24) is 10.2 Å². The van der Waals surface area contributed by atoms with Gasteiger partial charge in [-0.1, -0.05) is 30.3 Å². The smallest absolute Gasteiger partial charge is 0.325 e. The second-order valence-electron chi connectivity index (χ2n) is 7.39. The summed E-state index contributed by atoms with van der Waals surface area (Å²) in [6.45, 7) is 3.06. The Morgan fingerprint density at radius 2 is 1.80 bits per heavy atom. The van der Waals surface area contributed by atoms with E-state index in [0.29, 0.717) is 24.6 Å². The maximum Gasteiger partial charge on any atom is 0.325 e. The molecule has 0 radical (unpaired) electrons. The van der Waals surface area contributed by atoms with Gasteiger partial charge in [-0.15, -0.1) is 0 Å². The fraction of sp³-hybridized carbons (Fsp3) is 0.391. The number of benzene rings is 2. The summed E-state index contributed by atoms with van der Waals surface area (Å²) in [5.74, 6) is 1.03. The number of amides is 3. The average Bonchev–Trinajstić information content (AvgIpc) is 3.12. The van der Waals surface area contributed by atoms with E-state index in [2.05, 4.69) is 17.4 Å². The molecule has 30 heavy (non-hydrogen) atoms. The first-order valence-corrected chi connectivity index (χ1v) is 10.1. The molecular formula is C23H29N3O4. The van der Waals surface area contributed by atoms with Crippen molar-refractivity contribution in [2.45, 2.75) is 25.8 Å². The summed E-state index contributed by atoms with van der Waals surface area (Å²) >= 11 is 0. The summed E-state index contributed by atoms with van der Waals surface area (Å²) in [4.78, 5) is 28.4. The Bertz CT molecular complexity index is 872. The third kappa shape index (κ3) is 5.23. The summed E-state index contributed by atoms with van der Waals surface area (Å²) in [6, 6.07) is 15.4. The van der Waals surface area contributed by atoms with Crippen LogP contribution in [0.1, 0.15) is 18.9 Å². The number of rotatable bonds is 9. The van der Waals surface area contributed by atoms with E-state index in [4.69, 9.17) is 9.47 Å². The summed E-state index contributed by atoms with van der Waals surface area (Å²) in [6.07, 6.45) is 1.75. The quantitative estimate of drug-likeness (QED) is 0.688. The molecule has 0 aromatic heterocycles. The number of hydrogen-bond donors (Lipinski definition) is 1. The molecular weight excluding hydrogens is 382 g/mol. The maximum absolute atomic E-state index is 12.8. The molecule has 1 N–H and O–H groups in total. The van der Waals surface area contributed by atoms with Crippen molar-refractivity contribution >= 4 is 17.6 Å². The second kappa shape index (κ2) is 10.0. The zero-order valence-electron chi connectivity index (χ0n) is 17.8. The monoisotopic (exact) mass is 411 g/mol. The molecule has 1 unspecified atom stereocenters. The molecule has 7 heteroatoms. The Hall–Kier alpha value is -3.22. The SMILES string of the molecule is COc1ccc(N2CCN(CC(=O)NC(C)CCc3ccccc3)C2=O)cc1OC. The number of methoxy groups -OCH3 is 2. The van der Waals surface area contributed by atoms with Gasteiger partial charge >= 0.3 is 6.03 Å². The molecule has 3 amide bonds. The number of hydrogen-bond acceptors (Lipinski definition) is 4. The number of carbonyl (C=O) groups is 2. The van der Waals surface area contributed by atoms with Crippen molar-refractivity contribution in [3.05, 3.63) is 54.1 Å². The molecule has 1 saturated heterocycles. The number of urea groups is 1. The van der Waals surface area contributed by atoms with Gasteiger partial charge in [0.2, 0.25) is 5.91 Å². The minimum Gasteiger partial charge on any atom is -0.493 e. The Morgan fingerprint density at radius 3 is 2.50 bits per heavy atom. The molecule has 1 aliphatic heterocycles. The van der Waals surface area contributed by atoms with Gasteiger partial charge in [0.05, 0.1) is 14.2 Å². The zero-order chi connectivity index (χ0) is 21.5. The van der Waals surface area contributed by atoms with Crippen molar-refractivity contribution in [3.8, 4) is 11.5 Å². The molecule has 2 aromatic rings. The van der Waals surface area contributed by atoms with Gasteiger partial charge in [0.25, 0.3) is 0 Å². The summed E-state index contributed by atoms with van der Waals surface area (Å²) < 4.78 is 10.6. The van der Waals surface area contributed by atoms with E-state index in [9.17, 15) is 9.59 Å². The molecule has 3 rings (SSSR count). The van der Waals surface area contributed by atoms with Crippen LogP contribution in [0, 0.1) is 0 Å². The van der Waals surface area contributed by atoms with E-state index in [1.165, 1.54) is 5.56 Å². The highest BCUT2D eigenvalue weighted by molar-refractivity contribution is 5.96. The van der Waals surface area contributed by atoms with Crippen molar-refractivity contribution in [2.24, 2.45) is 0 Å². The molecule has 1 atom stereocenters. The minimum atomic E-state index is -0.186. The second-order valence-corrected chi connectivity index (χ2v) is 7.39. The van der Waals surface area contributed by atoms with Crippen LogP contribution < -0.4 is 19.7 Å². The van der Waals surface area contributed by atoms with Crippen LogP contribution >= 0.6 is 0 Å². The van der Waals surface area contributed by atoms with E-state index < -0.39 is 0 Å². The standard InChI is InChI=1S/C23H29N3O4/c1-17(9-10-18-7-5-4-6-8-18)24-22(27)16-25-13-14-26(23(25)28)19-11-12-20(29-2)21(15-19)30-3/h4-8,11-12,15,17H,9-10,13-14,16H2,1-3H3,(H,24,27). The first-order valence-electron chi connectivity index (χ1n) is 10.1. The van der Waals surface area contributed by atoms with Gasteiger partial charge < -0.3 is 19.7 Å². The first kappa shape index (κ1) is 21.5. The van der Waals surface area contributed by atoms with Crippen molar-refractivity contribution < 1.29 is 19.1 Å². The molecule has 1 aliphatic rings. The number of aryl methyl sites for hydroxylation is 1. The van der Waals surface area contributed by atoms with E-state index in [-0.39, 0.29) is 24.5 Å². The van der Waals surface area contributed by atoms with Crippen LogP contribution in [-0.2, 0) is 11.2 Å². The van der Waals surface area contributed by atoms with Gasteiger partial charge in [0, 0.05) is 30.9 Å². The molecule has 160 valence electrons. The topological polar surface area (TPSA) is 71.1 Å². The Morgan fingerprint density at radius 1 is 1.07 bits per heavy atom. The highest BCUT2D eigenvalue weighted by Gasteiger charge is 2.31. The van der Waals surface area contributed by atoms with Crippen LogP contribution in [-0.4, -0.2) is 56.7 Å². The normalized spacial score (nSPS) is 14.6. The highest BCUT2D eigenvalue weighted by Crippen LogP contribution is 2.32. The van der Waals surface area contributed by atoms with Gasteiger partial charge in [-0.2, -0.15) is 0 Å². The predicted molar refractivity (Wildman–Crippen MR) is 116 cm³/mol. The molecule has 0 spiro atoms. The molecule has 1 heterocycles. The third-order valence-electron chi connectivity index (χ3n) is 5.22. The molecule has 1 fully saturated rings. The van der Waals surface area contributed by atoms with Crippen LogP contribution in [0.2, 0.25) is 0 Å².